The highest BCUT2D eigenvalue weighted by atomic mass is 19.1. The zero-order chi connectivity index (χ0) is 15.4. The summed E-state index contributed by atoms with van der Waals surface area (Å²) in [7, 11) is 0. The van der Waals surface area contributed by atoms with Crippen molar-refractivity contribution in [3.05, 3.63) is 35.8 Å². The summed E-state index contributed by atoms with van der Waals surface area (Å²) in [5, 5.41) is 3.16. The molecule has 21 heavy (non-hydrogen) atoms. The van der Waals surface area contributed by atoms with Crippen LogP contribution in [0.5, 0.6) is 5.75 Å². The van der Waals surface area contributed by atoms with Crippen LogP contribution < -0.4 is 15.8 Å². The second-order valence-corrected chi connectivity index (χ2v) is 4.89. The molecule has 0 radical (unpaired) electrons. The number of nitrogens with two attached hydrogens (primary N) is 1. The number of benzene rings is 1. The number of hydrogen-bond donors (Lipinski definition) is 2. The molecule has 1 aromatic heterocycles. The van der Waals surface area contributed by atoms with E-state index in [0.717, 1.165) is 12.2 Å². The third kappa shape index (κ3) is 3.65. The van der Waals surface area contributed by atoms with Crippen LogP contribution in [0.4, 0.5) is 15.8 Å². The van der Waals surface area contributed by atoms with Crippen LogP contribution in [0, 0.1) is 12.7 Å². The molecular weight excluding hydrogens is 273 g/mol. The second kappa shape index (κ2) is 6.47. The van der Waals surface area contributed by atoms with Crippen molar-refractivity contribution in [3.63, 3.8) is 0 Å². The van der Waals surface area contributed by atoms with Crippen molar-refractivity contribution in [1.29, 1.82) is 0 Å². The molecule has 114 valence electrons. The van der Waals surface area contributed by atoms with Crippen LogP contribution in [0.2, 0.25) is 0 Å². The number of hydrogen-bond acceptors (Lipinski definition) is 5. The minimum atomic E-state index is -0.467. The summed E-state index contributed by atoms with van der Waals surface area (Å²) in [6.07, 6.45) is 2.45. The molecule has 0 saturated carbocycles. The maximum absolute atomic E-state index is 13.8. The lowest BCUT2D eigenvalue weighted by Crippen LogP contribution is -2.09. The van der Waals surface area contributed by atoms with Crippen molar-refractivity contribution in [2.24, 2.45) is 0 Å². The van der Waals surface area contributed by atoms with E-state index in [9.17, 15) is 4.39 Å². The summed E-state index contributed by atoms with van der Waals surface area (Å²) in [4.78, 5) is 4.16. The number of aromatic nitrogens is 1. The summed E-state index contributed by atoms with van der Waals surface area (Å²) in [5.41, 5.74) is 6.74. The largest absolute Gasteiger partial charge is 0.490 e. The van der Waals surface area contributed by atoms with Crippen molar-refractivity contribution >= 4 is 11.4 Å². The van der Waals surface area contributed by atoms with Gasteiger partial charge in [0, 0.05) is 12.1 Å². The van der Waals surface area contributed by atoms with Gasteiger partial charge in [-0.25, -0.2) is 9.37 Å². The molecule has 2 aromatic rings. The molecule has 1 heterocycles. The minimum absolute atomic E-state index is 0.185. The number of nitrogen functional groups attached to an aromatic ring is 1. The van der Waals surface area contributed by atoms with Crippen LogP contribution in [-0.2, 0) is 0 Å². The van der Waals surface area contributed by atoms with Crippen molar-refractivity contribution in [2.45, 2.75) is 33.2 Å². The van der Waals surface area contributed by atoms with E-state index < -0.39 is 5.82 Å². The highest BCUT2D eigenvalue weighted by molar-refractivity contribution is 5.69. The van der Waals surface area contributed by atoms with Crippen molar-refractivity contribution in [1.82, 2.24) is 4.98 Å². The maximum atomic E-state index is 13.8. The Bertz CT molecular complexity index is 613. The molecule has 0 bridgehead atoms. The van der Waals surface area contributed by atoms with Crippen LogP contribution in [0.15, 0.2) is 22.7 Å². The highest BCUT2D eigenvalue weighted by Crippen LogP contribution is 2.31. The molecule has 0 aliphatic carbocycles. The van der Waals surface area contributed by atoms with E-state index in [4.69, 9.17) is 14.9 Å². The Morgan fingerprint density at radius 3 is 2.86 bits per heavy atom. The van der Waals surface area contributed by atoms with Gasteiger partial charge in [0.25, 0.3) is 0 Å². The number of oxazole rings is 1. The Hall–Kier alpha value is -2.24. The summed E-state index contributed by atoms with van der Waals surface area (Å²) in [5.74, 6) is 1.00. The van der Waals surface area contributed by atoms with Gasteiger partial charge < -0.3 is 20.2 Å². The topological polar surface area (TPSA) is 73.3 Å². The number of aryl methyl sites for hydroxylation is 1. The second-order valence-electron chi connectivity index (χ2n) is 4.89. The molecule has 6 heteroatoms. The normalized spacial score (nSPS) is 12.2. The highest BCUT2D eigenvalue weighted by Gasteiger charge is 2.15. The molecule has 0 spiro atoms. The molecule has 1 aromatic carbocycles. The lowest BCUT2D eigenvalue weighted by Gasteiger charge is -2.16. The maximum Gasteiger partial charge on any atom is 0.216 e. The standard InChI is InChI=1S/C15H20FN3O2/c1-4-5-20-14-7-13(12(17)6-11(14)16)19-10(3)15-18-8-9(2)21-15/h6-8,10,19H,4-5,17H2,1-3H3. The zero-order valence-electron chi connectivity index (χ0n) is 12.4. The summed E-state index contributed by atoms with van der Waals surface area (Å²) < 4.78 is 24.6. The number of nitrogens with zero attached hydrogens (tertiary/aromatic N) is 1. The van der Waals surface area contributed by atoms with E-state index in [0.29, 0.717) is 23.9 Å². The average molecular weight is 293 g/mol. The van der Waals surface area contributed by atoms with Gasteiger partial charge in [0.2, 0.25) is 5.89 Å². The van der Waals surface area contributed by atoms with E-state index in [2.05, 4.69) is 10.3 Å². The molecule has 1 atom stereocenters. The van der Waals surface area contributed by atoms with Gasteiger partial charge in [-0.3, -0.25) is 0 Å². The molecule has 0 amide bonds. The van der Waals surface area contributed by atoms with Gasteiger partial charge in [-0.2, -0.15) is 0 Å². The average Bonchev–Trinajstić information content (AvgIpc) is 2.87. The van der Waals surface area contributed by atoms with Crippen molar-refractivity contribution in [3.8, 4) is 5.75 Å². The predicted octanol–water partition coefficient (Wildman–Crippen LogP) is 3.67. The number of rotatable bonds is 6. The Kier molecular flexibility index (Phi) is 4.67. The fourth-order valence-corrected chi connectivity index (χ4v) is 1.88. The monoisotopic (exact) mass is 293 g/mol. The number of halogens is 1. The molecular formula is C15H20FN3O2. The van der Waals surface area contributed by atoms with Crippen LogP contribution >= 0.6 is 0 Å². The first-order chi connectivity index (χ1) is 10.0. The zero-order valence-corrected chi connectivity index (χ0v) is 12.4. The van der Waals surface area contributed by atoms with Crippen LogP contribution in [0.3, 0.4) is 0 Å². The summed E-state index contributed by atoms with van der Waals surface area (Å²) >= 11 is 0. The van der Waals surface area contributed by atoms with Crippen molar-refractivity contribution in [2.75, 3.05) is 17.7 Å². The van der Waals surface area contributed by atoms with Gasteiger partial charge in [0.1, 0.15) is 11.8 Å². The number of anilines is 2. The first-order valence-corrected chi connectivity index (χ1v) is 6.92. The number of nitrogens with one attached hydrogen (secondary N) is 1. The van der Waals surface area contributed by atoms with Gasteiger partial charge in [-0.05, 0) is 20.3 Å². The molecule has 3 N–H and O–H groups in total. The van der Waals surface area contributed by atoms with Gasteiger partial charge in [-0.15, -0.1) is 0 Å². The van der Waals surface area contributed by atoms with E-state index in [1.165, 1.54) is 6.07 Å². The molecule has 0 aliphatic rings. The third-order valence-electron chi connectivity index (χ3n) is 2.95. The Morgan fingerprint density at radius 2 is 2.24 bits per heavy atom. The summed E-state index contributed by atoms with van der Waals surface area (Å²) in [6, 6.07) is 2.62. The van der Waals surface area contributed by atoms with Crippen LogP contribution in [0.25, 0.3) is 0 Å². The Balaban J connectivity index is 2.18. The van der Waals surface area contributed by atoms with Gasteiger partial charge in [0.05, 0.1) is 24.2 Å². The van der Waals surface area contributed by atoms with Gasteiger partial charge in [0.15, 0.2) is 11.6 Å². The number of ether oxygens (including phenoxy) is 1. The van der Waals surface area contributed by atoms with Crippen LogP contribution in [0.1, 0.15) is 38.0 Å². The lowest BCUT2D eigenvalue weighted by atomic mass is 10.2. The van der Waals surface area contributed by atoms with Crippen molar-refractivity contribution < 1.29 is 13.5 Å². The fraction of sp³-hybridized carbons (Fsp3) is 0.400. The smallest absolute Gasteiger partial charge is 0.216 e. The molecule has 1 unspecified atom stereocenters. The van der Waals surface area contributed by atoms with E-state index in [1.54, 1.807) is 12.3 Å². The molecule has 0 aliphatic heterocycles. The molecule has 5 nitrogen and oxygen atoms in total. The predicted molar refractivity (Wildman–Crippen MR) is 79.9 cm³/mol. The quantitative estimate of drug-likeness (QED) is 0.795. The van der Waals surface area contributed by atoms with E-state index >= 15 is 0 Å². The van der Waals surface area contributed by atoms with Gasteiger partial charge >= 0.3 is 0 Å². The van der Waals surface area contributed by atoms with Gasteiger partial charge in [-0.1, -0.05) is 6.92 Å². The molecule has 0 fully saturated rings. The summed E-state index contributed by atoms with van der Waals surface area (Å²) in [6.45, 7) is 6.13. The molecule has 0 saturated heterocycles. The molecule has 2 rings (SSSR count). The fourth-order valence-electron chi connectivity index (χ4n) is 1.88. The third-order valence-corrected chi connectivity index (χ3v) is 2.95. The van der Waals surface area contributed by atoms with Crippen LogP contribution in [-0.4, -0.2) is 11.6 Å². The first-order valence-electron chi connectivity index (χ1n) is 6.92. The van der Waals surface area contributed by atoms with E-state index in [1.807, 2.05) is 20.8 Å². The Labute approximate surface area is 123 Å². The lowest BCUT2D eigenvalue weighted by molar-refractivity contribution is 0.301. The minimum Gasteiger partial charge on any atom is -0.490 e. The Morgan fingerprint density at radius 1 is 1.48 bits per heavy atom. The SMILES string of the molecule is CCCOc1cc(NC(C)c2ncc(C)o2)c(N)cc1F. The van der Waals surface area contributed by atoms with E-state index in [-0.39, 0.29) is 11.8 Å². The first kappa shape index (κ1) is 15.2.